The first-order chi connectivity index (χ1) is 8.60. The van der Waals surface area contributed by atoms with Gasteiger partial charge in [0.15, 0.2) is 0 Å². The van der Waals surface area contributed by atoms with Gasteiger partial charge in [-0.3, -0.25) is 4.79 Å². The molecule has 1 heterocycles. The Morgan fingerprint density at radius 2 is 2.17 bits per heavy atom. The van der Waals surface area contributed by atoms with E-state index >= 15 is 0 Å². The van der Waals surface area contributed by atoms with Crippen molar-refractivity contribution in [2.45, 2.75) is 13.5 Å². The Morgan fingerprint density at radius 3 is 2.83 bits per heavy atom. The van der Waals surface area contributed by atoms with Crippen molar-refractivity contribution in [3.63, 3.8) is 0 Å². The molecule has 0 saturated heterocycles. The highest BCUT2D eigenvalue weighted by molar-refractivity contribution is 9.10. The van der Waals surface area contributed by atoms with E-state index in [9.17, 15) is 4.79 Å². The topological polar surface area (TPSA) is 57.8 Å². The number of aromatic amines is 1. The van der Waals surface area contributed by atoms with Gasteiger partial charge in [-0.05, 0) is 25.6 Å². The molecule has 0 aliphatic heterocycles. The van der Waals surface area contributed by atoms with Crippen molar-refractivity contribution in [1.82, 2.24) is 15.3 Å². The van der Waals surface area contributed by atoms with Gasteiger partial charge < -0.3 is 10.3 Å². The van der Waals surface area contributed by atoms with E-state index in [1.54, 1.807) is 0 Å². The molecule has 2 N–H and O–H groups in total. The lowest BCUT2D eigenvalue weighted by atomic mass is 10.1. The fraction of sp³-hybridized carbons (Fsp3) is 0.231. The van der Waals surface area contributed by atoms with E-state index in [0.717, 1.165) is 21.3 Å². The van der Waals surface area contributed by atoms with Crippen molar-refractivity contribution in [2.24, 2.45) is 0 Å². The Balaban J connectivity index is 2.49. The van der Waals surface area contributed by atoms with Crippen molar-refractivity contribution < 1.29 is 0 Å². The van der Waals surface area contributed by atoms with Crippen molar-refractivity contribution >= 4 is 15.9 Å². The average molecular weight is 308 g/mol. The summed E-state index contributed by atoms with van der Waals surface area (Å²) >= 11 is 3.48. The Labute approximate surface area is 114 Å². The highest BCUT2D eigenvalue weighted by atomic mass is 79.9. The summed E-state index contributed by atoms with van der Waals surface area (Å²) < 4.78 is 1.00. The zero-order valence-corrected chi connectivity index (χ0v) is 11.8. The fourth-order valence-electron chi connectivity index (χ4n) is 1.66. The van der Waals surface area contributed by atoms with Gasteiger partial charge in [0.2, 0.25) is 0 Å². The van der Waals surface area contributed by atoms with Crippen molar-refractivity contribution in [3.8, 4) is 11.4 Å². The monoisotopic (exact) mass is 307 g/mol. The Kier molecular flexibility index (Phi) is 3.93. The quantitative estimate of drug-likeness (QED) is 0.914. The predicted octanol–water partition coefficient (Wildman–Crippen LogP) is 2.23. The van der Waals surface area contributed by atoms with Gasteiger partial charge in [-0.15, -0.1) is 0 Å². The van der Waals surface area contributed by atoms with Gasteiger partial charge in [0.05, 0.1) is 5.69 Å². The van der Waals surface area contributed by atoms with Crippen LogP contribution in [-0.4, -0.2) is 17.0 Å². The molecule has 1 aromatic heterocycles. The molecular formula is C13H14BrN3O. The standard InChI is InChI=1S/C13H14BrN3O/c1-8-3-4-9(5-11(8)14)13-16-10(7-15-2)6-12(18)17-13/h3-6,15H,7H2,1-2H3,(H,16,17,18). The number of hydrogen-bond donors (Lipinski definition) is 2. The molecule has 94 valence electrons. The molecule has 4 nitrogen and oxygen atoms in total. The lowest BCUT2D eigenvalue weighted by Crippen LogP contribution is -2.14. The van der Waals surface area contributed by atoms with E-state index in [4.69, 9.17) is 0 Å². The minimum atomic E-state index is -0.137. The van der Waals surface area contributed by atoms with E-state index in [1.807, 2.05) is 32.2 Å². The number of halogens is 1. The third-order valence-electron chi connectivity index (χ3n) is 2.60. The van der Waals surface area contributed by atoms with Crippen LogP contribution in [0.25, 0.3) is 11.4 Å². The highest BCUT2D eigenvalue weighted by Gasteiger charge is 2.05. The molecule has 2 rings (SSSR count). The number of benzene rings is 1. The number of rotatable bonds is 3. The molecule has 0 unspecified atom stereocenters. The first-order valence-electron chi connectivity index (χ1n) is 5.61. The van der Waals surface area contributed by atoms with E-state index in [1.165, 1.54) is 6.07 Å². The molecule has 18 heavy (non-hydrogen) atoms. The van der Waals surface area contributed by atoms with Crippen LogP contribution in [0.3, 0.4) is 0 Å². The smallest absolute Gasteiger partial charge is 0.251 e. The molecule has 0 aliphatic carbocycles. The minimum absolute atomic E-state index is 0.137. The maximum Gasteiger partial charge on any atom is 0.251 e. The van der Waals surface area contributed by atoms with E-state index in [-0.39, 0.29) is 5.56 Å². The van der Waals surface area contributed by atoms with Crippen LogP contribution in [0.1, 0.15) is 11.3 Å². The number of aryl methyl sites for hydroxylation is 1. The summed E-state index contributed by atoms with van der Waals surface area (Å²) in [7, 11) is 1.82. The van der Waals surface area contributed by atoms with Gasteiger partial charge in [-0.2, -0.15) is 0 Å². The van der Waals surface area contributed by atoms with E-state index in [2.05, 4.69) is 31.2 Å². The van der Waals surface area contributed by atoms with Crippen molar-refractivity contribution in [1.29, 1.82) is 0 Å². The highest BCUT2D eigenvalue weighted by Crippen LogP contribution is 2.22. The van der Waals surface area contributed by atoms with Gasteiger partial charge in [-0.25, -0.2) is 4.98 Å². The SMILES string of the molecule is CNCc1cc(=O)[nH]c(-c2ccc(C)c(Br)c2)n1. The molecule has 2 aromatic rings. The molecule has 0 spiro atoms. The Hall–Kier alpha value is -1.46. The van der Waals surface area contributed by atoms with Crippen molar-refractivity contribution in [2.75, 3.05) is 7.05 Å². The summed E-state index contributed by atoms with van der Waals surface area (Å²) in [5, 5.41) is 2.99. The molecule has 0 amide bonds. The number of nitrogens with one attached hydrogen (secondary N) is 2. The lowest BCUT2D eigenvalue weighted by Gasteiger charge is -2.06. The van der Waals surface area contributed by atoms with E-state index in [0.29, 0.717) is 12.4 Å². The maximum absolute atomic E-state index is 11.6. The third kappa shape index (κ3) is 2.86. The molecule has 0 bridgehead atoms. The number of H-pyrrole nitrogens is 1. The second-order valence-electron chi connectivity index (χ2n) is 4.08. The fourth-order valence-corrected chi connectivity index (χ4v) is 2.04. The Morgan fingerprint density at radius 1 is 1.39 bits per heavy atom. The van der Waals surface area contributed by atoms with Crippen LogP contribution in [-0.2, 0) is 6.54 Å². The molecule has 1 aromatic carbocycles. The van der Waals surface area contributed by atoms with Crippen LogP contribution >= 0.6 is 15.9 Å². The van der Waals surface area contributed by atoms with Gasteiger partial charge in [0.25, 0.3) is 5.56 Å². The second-order valence-corrected chi connectivity index (χ2v) is 4.93. The summed E-state index contributed by atoms with van der Waals surface area (Å²) in [6.45, 7) is 2.59. The number of nitrogens with zero attached hydrogens (tertiary/aromatic N) is 1. The van der Waals surface area contributed by atoms with Crippen LogP contribution in [0.5, 0.6) is 0 Å². The number of hydrogen-bond acceptors (Lipinski definition) is 3. The van der Waals surface area contributed by atoms with Gasteiger partial charge in [0.1, 0.15) is 5.82 Å². The normalized spacial score (nSPS) is 10.6. The van der Waals surface area contributed by atoms with Crippen LogP contribution in [0, 0.1) is 6.92 Å². The zero-order chi connectivity index (χ0) is 13.1. The largest absolute Gasteiger partial charge is 0.314 e. The van der Waals surface area contributed by atoms with Gasteiger partial charge in [-0.1, -0.05) is 28.1 Å². The van der Waals surface area contributed by atoms with Crippen LogP contribution < -0.4 is 10.9 Å². The molecule has 0 fully saturated rings. The van der Waals surface area contributed by atoms with Crippen LogP contribution in [0.15, 0.2) is 33.5 Å². The first kappa shape index (κ1) is 13.0. The summed E-state index contributed by atoms with van der Waals surface area (Å²) in [5.41, 5.74) is 2.63. The van der Waals surface area contributed by atoms with E-state index < -0.39 is 0 Å². The molecule has 0 saturated carbocycles. The molecular weight excluding hydrogens is 294 g/mol. The molecule has 0 atom stereocenters. The lowest BCUT2D eigenvalue weighted by molar-refractivity contribution is 0.785. The van der Waals surface area contributed by atoms with Crippen LogP contribution in [0.2, 0.25) is 0 Å². The summed E-state index contributed by atoms with van der Waals surface area (Å²) in [5.74, 6) is 0.591. The van der Waals surface area contributed by atoms with Crippen LogP contribution in [0.4, 0.5) is 0 Å². The summed E-state index contributed by atoms with van der Waals surface area (Å²) in [4.78, 5) is 18.8. The molecule has 5 heteroatoms. The average Bonchev–Trinajstić information content (AvgIpc) is 2.32. The van der Waals surface area contributed by atoms with Gasteiger partial charge >= 0.3 is 0 Å². The first-order valence-corrected chi connectivity index (χ1v) is 6.41. The summed E-state index contributed by atoms with van der Waals surface area (Å²) in [6, 6.07) is 7.39. The number of aromatic nitrogens is 2. The Bertz CT molecular complexity index is 622. The van der Waals surface area contributed by atoms with Crippen molar-refractivity contribution in [3.05, 3.63) is 50.3 Å². The maximum atomic E-state index is 11.6. The predicted molar refractivity (Wildman–Crippen MR) is 75.5 cm³/mol. The minimum Gasteiger partial charge on any atom is -0.314 e. The third-order valence-corrected chi connectivity index (χ3v) is 3.45. The molecule has 0 radical (unpaired) electrons. The second kappa shape index (κ2) is 5.46. The summed E-state index contributed by atoms with van der Waals surface area (Å²) in [6.07, 6.45) is 0. The molecule has 0 aliphatic rings. The van der Waals surface area contributed by atoms with Gasteiger partial charge in [0, 0.05) is 22.6 Å². The zero-order valence-electron chi connectivity index (χ0n) is 10.2.